The number of hydrogen-bond donors (Lipinski definition) is 1. The van der Waals surface area contributed by atoms with Crippen LogP contribution in [0.2, 0.25) is 0 Å². The monoisotopic (exact) mass is 201 g/mol. The van der Waals surface area contributed by atoms with Crippen molar-refractivity contribution in [3.05, 3.63) is 41.9 Å². The molecule has 0 atom stereocenters. The zero-order chi connectivity index (χ0) is 10.8. The summed E-state index contributed by atoms with van der Waals surface area (Å²) >= 11 is 0. The molecule has 3 nitrogen and oxygen atoms in total. The highest BCUT2D eigenvalue weighted by atomic mass is 15.0. The lowest BCUT2D eigenvalue weighted by molar-refractivity contribution is 0.865. The summed E-state index contributed by atoms with van der Waals surface area (Å²) in [5.41, 5.74) is 9.02. The van der Waals surface area contributed by atoms with E-state index in [1.807, 2.05) is 20.2 Å². The van der Waals surface area contributed by atoms with Gasteiger partial charge in [-0.2, -0.15) is 0 Å². The number of aromatic nitrogens is 2. The zero-order valence-electron chi connectivity index (χ0n) is 9.07. The predicted molar refractivity (Wildman–Crippen MR) is 61.3 cm³/mol. The highest BCUT2D eigenvalue weighted by Gasteiger charge is 2.04. The van der Waals surface area contributed by atoms with E-state index in [2.05, 4.69) is 33.8 Å². The maximum absolute atomic E-state index is 5.56. The van der Waals surface area contributed by atoms with Gasteiger partial charge in [-0.15, -0.1) is 0 Å². The Kier molecular flexibility index (Phi) is 2.56. The molecule has 0 aliphatic carbocycles. The van der Waals surface area contributed by atoms with Crippen molar-refractivity contribution in [1.82, 2.24) is 9.55 Å². The van der Waals surface area contributed by atoms with Crippen molar-refractivity contribution in [2.45, 2.75) is 13.5 Å². The summed E-state index contributed by atoms with van der Waals surface area (Å²) in [5.74, 6) is 1.02. The van der Waals surface area contributed by atoms with Crippen LogP contribution in [-0.4, -0.2) is 9.55 Å². The lowest BCUT2D eigenvalue weighted by atomic mass is 10.1. The van der Waals surface area contributed by atoms with Crippen molar-refractivity contribution in [2.75, 3.05) is 0 Å². The number of rotatable bonds is 2. The van der Waals surface area contributed by atoms with E-state index in [1.165, 1.54) is 5.56 Å². The molecule has 0 bridgehead atoms. The first kappa shape index (κ1) is 9.93. The van der Waals surface area contributed by atoms with Gasteiger partial charge in [0.25, 0.3) is 0 Å². The number of aryl methyl sites for hydroxylation is 1. The van der Waals surface area contributed by atoms with Gasteiger partial charge in [0.1, 0.15) is 5.82 Å². The summed E-state index contributed by atoms with van der Waals surface area (Å²) in [7, 11) is 2.02. The molecule has 0 aliphatic heterocycles. The van der Waals surface area contributed by atoms with Crippen molar-refractivity contribution in [1.29, 1.82) is 0 Å². The van der Waals surface area contributed by atoms with E-state index in [-0.39, 0.29) is 0 Å². The van der Waals surface area contributed by atoms with Crippen LogP contribution in [0.15, 0.2) is 30.5 Å². The summed E-state index contributed by atoms with van der Waals surface area (Å²) in [5, 5.41) is 0. The minimum absolute atomic E-state index is 0.588. The molecule has 0 spiro atoms. The molecule has 0 amide bonds. The quantitative estimate of drug-likeness (QED) is 0.806. The molecule has 0 saturated heterocycles. The lowest BCUT2D eigenvalue weighted by Crippen LogP contribution is -1.97. The third-order valence-electron chi connectivity index (χ3n) is 2.71. The fraction of sp³-hybridized carbons (Fsp3) is 0.250. The second-order valence-corrected chi connectivity index (χ2v) is 3.65. The van der Waals surface area contributed by atoms with Crippen LogP contribution in [0, 0.1) is 6.92 Å². The van der Waals surface area contributed by atoms with Gasteiger partial charge in [-0.1, -0.05) is 24.3 Å². The second-order valence-electron chi connectivity index (χ2n) is 3.65. The Morgan fingerprint density at radius 1 is 1.27 bits per heavy atom. The lowest BCUT2D eigenvalue weighted by Gasteiger charge is -2.04. The Morgan fingerprint density at radius 3 is 2.40 bits per heavy atom. The SMILES string of the molecule is Cc1ncc(-c2ccc(CN)cc2)n1C. The predicted octanol–water partition coefficient (Wildman–Crippen LogP) is 1.85. The summed E-state index contributed by atoms with van der Waals surface area (Å²) < 4.78 is 2.08. The summed E-state index contributed by atoms with van der Waals surface area (Å²) in [6.45, 7) is 2.59. The van der Waals surface area contributed by atoms with Crippen LogP contribution >= 0.6 is 0 Å². The fourth-order valence-corrected chi connectivity index (χ4v) is 1.58. The smallest absolute Gasteiger partial charge is 0.105 e. The van der Waals surface area contributed by atoms with Crippen molar-refractivity contribution in [2.24, 2.45) is 12.8 Å². The van der Waals surface area contributed by atoms with Gasteiger partial charge in [0.05, 0.1) is 11.9 Å². The van der Waals surface area contributed by atoms with Gasteiger partial charge in [-0.25, -0.2) is 4.98 Å². The first-order valence-corrected chi connectivity index (χ1v) is 5.00. The van der Waals surface area contributed by atoms with Gasteiger partial charge >= 0.3 is 0 Å². The fourth-order valence-electron chi connectivity index (χ4n) is 1.58. The van der Waals surface area contributed by atoms with E-state index in [4.69, 9.17) is 5.73 Å². The Morgan fingerprint density at radius 2 is 1.93 bits per heavy atom. The average molecular weight is 201 g/mol. The van der Waals surface area contributed by atoms with E-state index in [9.17, 15) is 0 Å². The molecule has 2 aromatic rings. The molecular formula is C12H15N3. The standard InChI is InChI=1S/C12H15N3/c1-9-14-8-12(15(9)2)11-5-3-10(7-13)4-6-11/h3-6,8H,7,13H2,1-2H3. The van der Waals surface area contributed by atoms with E-state index in [0.29, 0.717) is 6.54 Å². The van der Waals surface area contributed by atoms with E-state index >= 15 is 0 Å². The summed E-state index contributed by atoms with van der Waals surface area (Å²) in [4.78, 5) is 4.27. The molecule has 0 radical (unpaired) electrons. The second kappa shape index (κ2) is 3.87. The van der Waals surface area contributed by atoms with Crippen molar-refractivity contribution >= 4 is 0 Å². The van der Waals surface area contributed by atoms with Crippen LogP contribution in [-0.2, 0) is 13.6 Å². The minimum Gasteiger partial charge on any atom is -0.331 e. The molecule has 0 aliphatic rings. The van der Waals surface area contributed by atoms with Gasteiger partial charge in [-0.3, -0.25) is 0 Å². The third-order valence-corrected chi connectivity index (χ3v) is 2.71. The molecule has 2 rings (SSSR count). The van der Waals surface area contributed by atoms with Crippen molar-refractivity contribution in [3.8, 4) is 11.3 Å². The molecule has 3 heteroatoms. The summed E-state index contributed by atoms with van der Waals surface area (Å²) in [6, 6.07) is 8.27. The topological polar surface area (TPSA) is 43.8 Å². The first-order chi connectivity index (χ1) is 7.22. The van der Waals surface area contributed by atoms with Crippen LogP contribution in [0.5, 0.6) is 0 Å². The maximum atomic E-state index is 5.56. The summed E-state index contributed by atoms with van der Waals surface area (Å²) in [6.07, 6.45) is 1.90. The Bertz CT molecular complexity index is 454. The number of benzene rings is 1. The molecule has 78 valence electrons. The highest BCUT2D eigenvalue weighted by Crippen LogP contribution is 2.19. The normalized spacial score (nSPS) is 10.6. The number of imidazole rings is 1. The third kappa shape index (κ3) is 1.78. The number of nitrogens with zero attached hydrogens (tertiary/aromatic N) is 2. The molecule has 0 fully saturated rings. The molecule has 1 heterocycles. The molecule has 0 saturated carbocycles. The molecule has 1 aromatic carbocycles. The molecule has 15 heavy (non-hydrogen) atoms. The number of nitrogens with two attached hydrogens (primary N) is 1. The molecule has 1 aromatic heterocycles. The Labute approximate surface area is 89.6 Å². The van der Waals surface area contributed by atoms with Crippen molar-refractivity contribution < 1.29 is 0 Å². The van der Waals surface area contributed by atoms with Gasteiger partial charge in [0.2, 0.25) is 0 Å². The molecular weight excluding hydrogens is 186 g/mol. The number of hydrogen-bond acceptors (Lipinski definition) is 2. The Hall–Kier alpha value is -1.61. The van der Waals surface area contributed by atoms with Crippen LogP contribution in [0.25, 0.3) is 11.3 Å². The van der Waals surface area contributed by atoms with E-state index in [1.54, 1.807) is 0 Å². The van der Waals surface area contributed by atoms with Crippen LogP contribution in [0.4, 0.5) is 0 Å². The zero-order valence-corrected chi connectivity index (χ0v) is 9.07. The van der Waals surface area contributed by atoms with Gasteiger partial charge in [-0.05, 0) is 18.1 Å². The van der Waals surface area contributed by atoms with Crippen LogP contribution in [0.3, 0.4) is 0 Å². The first-order valence-electron chi connectivity index (χ1n) is 5.00. The minimum atomic E-state index is 0.588. The van der Waals surface area contributed by atoms with Gasteiger partial charge in [0, 0.05) is 13.6 Å². The Balaban J connectivity index is 2.41. The molecule has 2 N–H and O–H groups in total. The van der Waals surface area contributed by atoms with Crippen LogP contribution < -0.4 is 5.73 Å². The van der Waals surface area contributed by atoms with Crippen molar-refractivity contribution in [3.63, 3.8) is 0 Å². The highest BCUT2D eigenvalue weighted by molar-refractivity contribution is 5.59. The van der Waals surface area contributed by atoms with Gasteiger partial charge < -0.3 is 10.3 Å². The largest absolute Gasteiger partial charge is 0.331 e. The van der Waals surface area contributed by atoms with Crippen LogP contribution in [0.1, 0.15) is 11.4 Å². The van der Waals surface area contributed by atoms with E-state index in [0.717, 1.165) is 17.1 Å². The molecule has 0 unspecified atom stereocenters. The van der Waals surface area contributed by atoms with Gasteiger partial charge in [0.15, 0.2) is 0 Å². The maximum Gasteiger partial charge on any atom is 0.105 e. The van der Waals surface area contributed by atoms with E-state index < -0.39 is 0 Å². The average Bonchev–Trinajstić information content (AvgIpc) is 2.60.